The molecule has 14 heavy (non-hydrogen) atoms. The van der Waals surface area contributed by atoms with Crippen LogP contribution in [0, 0.1) is 0 Å². The predicted molar refractivity (Wildman–Crippen MR) is 54.7 cm³/mol. The van der Waals surface area contributed by atoms with Gasteiger partial charge in [0.1, 0.15) is 0 Å². The van der Waals surface area contributed by atoms with Crippen LogP contribution in [0.3, 0.4) is 0 Å². The summed E-state index contributed by atoms with van der Waals surface area (Å²) < 4.78 is 5.20. The first-order valence-electron chi connectivity index (χ1n) is 4.41. The molecule has 1 rings (SSSR count). The van der Waals surface area contributed by atoms with Gasteiger partial charge in [-0.3, -0.25) is 4.79 Å². The van der Waals surface area contributed by atoms with E-state index in [0.29, 0.717) is 24.5 Å². The highest BCUT2D eigenvalue weighted by atomic mass is 16.5. The van der Waals surface area contributed by atoms with Crippen molar-refractivity contribution >= 4 is 11.6 Å². The molecular formula is C10H14N2O2. The average molecular weight is 194 g/mol. The third-order valence-corrected chi connectivity index (χ3v) is 1.89. The molecule has 0 aliphatic heterocycles. The number of amides is 1. The van der Waals surface area contributed by atoms with Crippen molar-refractivity contribution < 1.29 is 9.53 Å². The number of primary amides is 1. The van der Waals surface area contributed by atoms with Crippen molar-refractivity contribution in [3.05, 3.63) is 29.3 Å². The van der Waals surface area contributed by atoms with Crippen molar-refractivity contribution in [3.63, 3.8) is 0 Å². The summed E-state index contributed by atoms with van der Waals surface area (Å²) in [4.78, 5) is 10.8. The van der Waals surface area contributed by atoms with Crippen molar-refractivity contribution in [1.29, 1.82) is 0 Å². The van der Waals surface area contributed by atoms with E-state index in [0.717, 1.165) is 5.56 Å². The number of anilines is 1. The molecule has 4 heteroatoms. The summed E-state index contributed by atoms with van der Waals surface area (Å²) in [5.41, 5.74) is 12.6. The molecule has 1 aromatic rings. The molecule has 4 N–H and O–H groups in total. The lowest BCUT2D eigenvalue weighted by atomic mass is 10.1. The van der Waals surface area contributed by atoms with E-state index in [-0.39, 0.29) is 0 Å². The molecular weight excluding hydrogens is 180 g/mol. The van der Waals surface area contributed by atoms with Crippen LogP contribution in [0.25, 0.3) is 0 Å². The monoisotopic (exact) mass is 194 g/mol. The molecule has 0 aliphatic carbocycles. The first kappa shape index (κ1) is 10.5. The summed E-state index contributed by atoms with van der Waals surface area (Å²) in [5.74, 6) is -0.473. The molecule has 1 amide bonds. The van der Waals surface area contributed by atoms with E-state index in [1.54, 1.807) is 18.2 Å². The van der Waals surface area contributed by atoms with E-state index in [4.69, 9.17) is 16.2 Å². The largest absolute Gasteiger partial charge is 0.398 e. The van der Waals surface area contributed by atoms with Crippen LogP contribution < -0.4 is 11.5 Å². The number of nitrogen functional groups attached to an aromatic ring is 1. The van der Waals surface area contributed by atoms with Gasteiger partial charge in [-0.15, -0.1) is 0 Å². The van der Waals surface area contributed by atoms with E-state index in [1.807, 2.05) is 6.92 Å². The molecule has 0 radical (unpaired) electrons. The number of hydrogen-bond donors (Lipinski definition) is 2. The van der Waals surface area contributed by atoms with Gasteiger partial charge >= 0.3 is 0 Å². The standard InChI is InChI=1S/C10H14N2O2/c1-2-14-6-8-4-3-7(10(12)13)5-9(8)11/h3-5H,2,6,11H2,1H3,(H2,12,13). The SMILES string of the molecule is CCOCc1ccc(C(N)=O)cc1N. The highest BCUT2D eigenvalue weighted by Crippen LogP contribution is 2.14. The van der Waals surface area contributed by atoms with Crippen LogP contribution in [-0.4, -0.2) is 12.5 Å². The molecule has 76 valence electrons. The minimum absolute atomic E-state index is 0.419. The van der Waals surface area contributed by atoms with Crippen LogP contribution >= 0.6 is 0 Å². The lowest BCUT2D eigenvalue weighted by Crippen LogP contribution is -2.11. The fourth-order valence-corrected chi connectivity index (χ4v) is 1.09. The second kappa shape index (κ2) is 4.62. The molecule has 0 unspecified atom stereocenters. The summed E-state index contributed by atoms with van der Waals surface area (Å²) in [7, 11) is 0. The number of carbonyl (C=O) groups excluding carboxylic acids is 1. The summed E-state index contributed by atoms with van der Waals surface area (Å²) >= 11 is 0. The fraction of sp³-hybridized carbons (Fsp3) is 0.300. The molecule has 0 spiro atoms. The maximum absolute atomic E-state index is 10.8. The lowest BCUT2D eigenvalue weighted by Gasteiger charge is -2.06. The van der Waals surface area contributed by atoms with Gasteiger partial charge in [-0.1, -0.05) is 6.07 Å². The molecule has 0 aliphatic rings. The minimum atomic E-state index is -0.473. The molecule has 4 nitrogen and oxygen atoms in total. The predicted octanol–water partition coefficient (Wildman–Crippen LogP) is 0.904. The van der Waals surface area contributed by atoms with Crippen LogP contribution in [0.4, 0.5) is 5.69 Å². The minimum Gasteiger partial charge on any atom is -0.398 e. The first-order valence-corrected chi connectivity index (χ1v) is 4.41. The average Bonchev–Trinajstić information content (AvgIpc) is 2.15. The molecule has 0 saturated carbocycles. The van der Waals surface area contributed by atoms with Gasteiger partial charge in [0.15, 0.2) is 0 Å². The van der Waals surface area contributed by atoms with E-state index in [1.165, 1.54) is 0 Å². The Morgan fingerprint density at radius 1 is 1.50 bits per heavy atom. The highest BCUT2D eigenvalue weighted by Gasteiger charge is 2.04. The Bertz CT molecular complexity index is 337. The Hall–Kier alpha value is -1.55. The smallest absolute Gasteiger partial charge is 0.248 e. The van der Waals surface area contributed by atoms with E-state index >= 15 is 0 Å². The van der Waals surface area contributed by atoms with Crippen molar-refractivity contribution in [2.24, 2.45) is 5.73 Å². The van der Waals surface area contributed by atoms with Crippen molar-refractivity contribution in [2.45, 2.75) is 13.5 Å². The highest BCUT2D eigenvalue weighted by molar-refractivity contribution is 5.93. The lowest BCUT2D eigenvalue weighted by molar-refractivity contribution is 0.1000. The number of hydrogen-bond acceptors (Lipinski definition) is 3. The third-order valence-electron chi connectivity index (χ3n) is 1.89. The zero-order valence-corrected chi connectivity index (χ0v) is 8.12. The van der Waals surface area contributed by atoms with Gasteiger partial charge in [-0.2, -0.15) is 0 Å². The van der Waals surface area contributed by atoms with Crippen molar-refractivity contribution in [3.8, 4) is 0 Å². The van der Waals surface area contributed by atoms with Gasteiger partial charge in [-0.25, -0.2) is 0 Å². The number of ether oxygens (including phenoxy) is 1. The van der Waals surface area contributed by atoms with Gasteiger partial charge in [0.05, 0.1) is 6.61 Å². The second-order valence-corrected chi connectivity index (χ2v) is 2.91. The summed E-state index contributed by atoms with van der Waals surface area (Å²) in [5, 5.41) is 0. The third kappa shape index (κ3) is 2.47. The van der Waals surface area contributed by atoms with Crippen LogP contribution in [0.15, 0.2) is 18.2 Å². The molecule has 0 atom stereocenters. The summed E-state index contributed by atoms with van der Waals surface area (Å²) in [6.07, 6.45) is 0. The van der Waals surface area contributed by atoms with Crippen LogP contribution in [0.2, 0.25) is 0 Å². The van der Waals surface area contributed by atoms with Crippen molar-refractivity contribution in [1.82, 2.24) is 0 Å². The maximum atomic E-state index is 10.8. The van der Waals surface area contributed by atoms with E-state index in [2.05, 4.69) is 0 Å². The Morgan fingerprint density at radius 3 is 2.71 bits per heavy atom. The Labute approximate surface area is 82.8 Å². The molecule has 0 bridgehead atoms. The van der Waals surface area contributed by atoms with Crippen LogP contribution in [-0.2, 0) is 11.3 Å². The fourth-order valence-electron chi connectivity index (χ4n) is 1.09. The van der Waals surface area contributed by atoms with Gasteiger partial charge in [-0.05, 0) is 19.1 Å². The van der Waals surface area contributed by atoms with Gasteiger partial charge in [0.25, 0.3) is 0 Å². The molecule has 1 aromatic carbocycles. The summed E-state index contributed by atoms with van der Waals surface area (Å²) in [6, 6.07) is 4.97. The van der Waals surface area contributed by atoms with Crippen LogP contribution in [0.5, 0.6) is 0 Å². The molecule has 0 heterocycles. The zero-order chi connectivity index (χ0) is 10.6. The quantitative estimate of drug-likeness (QED) is 0.699. The maximum Gasteiger partial charge on any atom is 0.248 e. The Balaban J connectivity index is 2.84. The second-order valence-electron chi connectivity index (χ2n) is 2.91. The normalized spacial score (nSPS) is 10.1. The van der Waals surface area contributed by atoms with E-state index in [9.17, 15) is 4.79 Å². The van der Waals surface area contributed by atoms with Gasteiger partial charge < -0.3 is 16.2 Å². The molecule has 0 saturated heterocycles. The zero-order valence-electron chi connectivity index (χ0n) is 8.12. The molecule has 0 fully saturated rings. The Morgan fingerprint density at radius 2 is 2.21 bits per heavy atom. The van der Waals surface area contributed by atoms with Gasteiger partial charge in [0, 0.05) is 23.4 Å². The topological polar surface area (TPSA) is 78.3 Å². The summed E-state index contributed by atoms with van der Waals surface area (Å²) in [6.45, 7) is 3.01. The first-order chi connectivity index (χ1) is 6.65. The van der Waals surface area contributed by atoms with Crippen molar-refractivity contribution in [2.75, 3.05) is 12.3 Å². The molecule has 0 aromatic heterocycles. The van der Waals surface area contributed by atoms with Gasteiger partial charge in [0.2, 0.25) is 5.91 Å². The number of rotatable bonds is 4. The number of carbonyl (C=O) groups is 1. The van der Waals surface area contributed by atoms with E-state index < -0.39 is 5.91 Å². The number of benzene rings is 1. The van der Waals surface area contributed by atoms with Crippen LogP contribution in [0.1, 0.15) is 22.8 Å². The Kier molecular flexibility index (Phi) is 3.48. The number of nitrogens with two attached hydrogens (primary N) is 2.